The van der Waals surface area contributed by atoms with Crippen LogP contribution in [-0.4, -0.2) is 33.9 Å². The summed E-state index contributed by atoms with van der Waals surface area (Å²) >= 11 is 6.09. The number of aliphatic imine (C=N–C) groups is 1. The molecule has 0 aliphatic carbocycles. The highest BCUT2D eigenvalue weighted by Gasteiger charge is 2.38. The van der Waals surface area contributed by atoms with E-state index in [0.29, 0.717) is 11.8 Å². The molecule has 104 valence electrons. The van der Waals surface area contributed by atoms with Gasteiger partial charge in [-0.3, -0.25) is 4.68 Å². The highest BCUT2D eigenvalue weighted by molar-refractivity contribution is 6.24. The fraction of sp³-hybridized carbons (Fsp3) is 0.400. The zero-order valence-electron chi connectivity index (χ0n) is 9.52. The van der Waals surface area contributed by atoms with Crippen molar-refractivity contribution in [3.8, 4) is 0 Å². The van der Waals surface area contributed by atoms with Crippen LogP contribution in [0, 0.1) is 0 Å². The average Bonchev–Trinajstić information content (AvgIpc) is 2.78. The first-order chi connectivity index (χ1) is 8.85. The van der Waals surface area contributed by atoms with Gasteiger partial charge in [0.15, 0.2) is 0 Å². The van der Waals surface area contributed by atoms with Gasteiger partial charge in [-0.1, -0.05) is 11.6 Å². The maximum Gasteiger partial charge on any atom is 0.419 e. The molecule has 0 amide bonds. The van der Waals surface area contributed by atoms with Gasteiger partial charge in [0, 0.05) is 18.6 Å². The third kappa shape index (κ3) is 2.90. The summed E-state index contributed by atoms with van der Waals surface area (Å²) in [5.41, 5.74) is -0.525. The molecule has 0 radical (unpaired) electrons. The molecule has 5 nitrogen and oxygen atoms in total. The van der Waals surface area contributed by atoms with Crippen molar-refractivity contribution in [2.75, 3.05) is 6.61 Å². The Morgan fingerprint density at radius 2 is 2.21 bits per heavy atom. The molecular weight excluding hydrogens is 285 g/mol. The molecule has 1 aromatic rings. The van der Waals surface area contributed by atoms with E-state index in [4.69, 9.17) is 16.7 Å². The molecule has 1 aliphatic heterocycles. The van der Waals surface area contributed by atoms with Gasteiger partial charge >= 0.3 is 6.18 Å². The van der Waals surface area contributed by atoms with E-state index >= 15 is 0 Å². The summed E-state index contributed by atoms with van der Waals surface area (Å²) in [6.07, 6.45) is -0.161. The molecule has 1 unspecified atom stereocenters. The highest BCUT2D eigenvalue weighted by atomic mass is 35.5. The number of alkyl halides is 4. The van der Waals surface area contributed by atoms with Crippen molar-refractivity contribution >= 4 is 17.8 Å². The second-order valence-corrected chi connectivity index (χ2v) is 4.38. The Balaban J connectivity index is 2.18. The summed E-state index contributed by atoms with van der Waals surface area (Å²) < 4.78 is 38.7. The van der Waals surface area contributed by atoms with E-state index in [-0.39, 0.29) is 13.2 Å². The van der Waals surface area contributed by atoms with Gasteiger partial charge in [0.25, 0.3) is 0 Å². The summed E-state index contributed by atoms with van der Waals surface area (Å²) in [7, 11) is 0. The lowest BCUT2D eigenvalue weighted by molar-refractivity contribution is -0.0863. The largest absolute Gasteiger partial charge is 0.419 e. The third-order valence-corrected chi connectivity index (χ3v) is 2.90. The van der Waals surface area contributed by atoms with Crippen molar-refractivity contribution in [3.05, 3.63) is 29.7 Å². The van der Waals surface area contributed by atoms with Gasteiger partial charge in [0.1, 0.15) is 0 Å². The Hall–Kier alpha value is -1.54. The van der Waals surface area contributed by atoms with Crippen molar-refractivity contribution in [1.29, 1.82) is 0 Å². The normalized spacial score (nSPS) is 23.1. The van der Waals surface area contributed by atoms with Crippen LogP contribution in [0.4, 0.5) is 13.2 Å². The van der Waals surface area contributed by atoms with Gasteiger partial charge in [-0.25, -0.2) is 4.99 Å². The molecule has 0 spiro atoms. The number of hydrogen-bond acceptors (Lipinski definition) is 4. The SMILES string of the molecule is OCCn1cc(C2(Cl)N=CC(C(F)(F)F)=CN2)cn1. The molecule has 2 heterocycles. The molecule has 0 saturated heterocycles. The molecule has 19 heavy (non-hydrogen) atoms. The third-order valence-electron chi connectivity index (χ3n) is 2.47. The molecule has 9 heteroatoms. The van der Waals surface area contributed by atoms with Crippen LogP contribution in [0.25, 0.3) is 0 Å². The summed E-state index contributed by atoms with van der Waals surface area (Å²) in [6, 6.07) is 0. The van der Waals surface area contributed by atoms with Crippen LogP contribution in [-0.2, 0) is 11.7 Å². The molecule has 2 rings (SSSR count). The number of halogens is 4. The predicted molar refractivity (Wildman–Crippen MR) is 62.6 cm³/mol. The second-order valence-electron chi connectivity index (χ2n) is 3.84. The van der Waals surface area contributed by atoms with Gasteiger partial charge < -0.3 is 10.4 Å². The van der Waals surface area contributed by atoms with E-state index < -0.39 is 16.9 Å². The summed E-state index contributed by atoms with van der Waals surface area (Å²) in [5.74, 6) is 0. The van der Waals surface area contributed by atoms with E-state index in [9.17, 15) is 13.2 Å². The van der Waals surface area contributed by atoms with Gasteiger partial charge in [-0.15, -0.1) is 0 Å². The molecule has 0 bridgehead atoms. The number of aromatic nitrogens is 2. The fourth-order valence-electron chi connectivity index (χ4n) is 1.48. The van der Waals surface area contributed by atoms with Gasteiger partial charge in [-0.05, 0) is 0 Å². The molecule has 1 atom stereocenters. The minimum Gasteiger partial charge on any atom is -0.394 e. The standard InChI is InChI=1S/C10H10ClF3N4O/c11-9(8-5-17-18(6-8)1-2-19)15-3-7(4-16-9)10(12,13)14/h3-6,15,19H,1-2H2. The molecule has 0 aromatic carbocycles. The lowest BCUT2D eigenvalue weighted by Gasteiger charge is -2.26. The van der Waals surface area contributed by atoms with Crippen LogP contribution < -0.4 is 5.32 Å². The van der Waals surface area contributed by atoms with Crippen LogP contribution in [0.3, 0.4) is 0 Å². The van der Waals surface area contributed by atoms with E-state index in [0.717, 1.165) is 6.20 Å². The minimum absolute atomic E-state index is 0.106. The number of aliphatic hydroxyl groups is 1. The van der Waals surface area contributed by atoms with Crippen LogP contribution in [0.2, 0.25) is 0 Å². The van der Waals surface area contributed by atoms with E-state index in [1.807, 2.05) is 0 Å². The maximum atomic E-state index is 12.4. The zero-order valence-corrected chi connectivity index (χ0v) is 10.3. The molecule has 0 fully saturated rings. The second kappa shape index (κ2) is 4.86. The first kappa shape index (κ1) is 13.9. The lowest BCUT2D eigenvalue weighted by atomic mass is 10.2. The first-order valence-electron chi connectivity index (χ1n) is 5.28. The van der Waals surface area contributed by atoms with Crippen molar-refractivity contribution in [2.24, 2.45) is 4.99 Å². The van der Waals surface area contributed by atoms with E-state index in [1.165, 1.54) is 17.1 Å². The Morgan fingerprint density at radius 1 is 1.47 bits per heavy atom. The number of aliphatic hydroxyl groups excluding tert-OH is 1. The number of allylic oxidation sites excluding steroid dienone is 1. The van der Waals surface area contributed by atoms with Gasteiger partial charge in [0.05, 0.1) is 30.5 Å². The fourth-order valence-corrected chi connectivity index (χ4v) is 1.68. The quantitative estimate of drug-likeness (QED) is 0.653. The van der Waals surface area contributed by atoms with Crippen molar-refractivity contribution in [2.45, 2.75) is 17.8 Å². The van der Waals surface area contributed by atoms with Crippen molar-refractivity contribution < 1.29 is 18.3 Å². The maximum absolute atomic E-state index is 12.4. The van der Waals surface area contributed by atoms with Crippen LogP contribution in [0.15, 0.2) is 29.2 Å². The first-order valence-corrected chi connectivity index (χ1v) is 5.66. The Bertz CT molecular complexity index is 525. The highest BCUT2D eigenvalue weighted by Crippen LogP contribution is 2.33. The van der Waals surface area contributed by atoms with Crippen LogP contribution in [0.1, 0.15) is 5.56 Å². The Kier molecular flexibility index (Phi) is 3.55. The van der Waals surface area contributed by atoms with Crippen LogP contribution in [0.5, 0.6) is 0 Å². The molecule has 1 aromatic heterocycles. The smallest absolute Gasteiger partial charge is 0.394 e. The van der Waals surface area contributed by atoms with Crippen molar-refractivity contribution in [3.63, 3.8) is 0 Å². The number of nitrogens with one attached hydrogen (secondary N) is 1. The molecule has 2 N–H and O–H groups in total. The van der Waals surface area contributed by atoms with Gasteiger partial charge in [-0.2, -0.15) is 18.3 Å². The Labute approximate surface area is 111 Å². The summed E-state index contributed by atoms with van der Waals surface area (Å²) in [4.78, 5) is 3.68. The predicted octanol–water partition coefficient (Wildman–Crippen LogP) is 1.34. The lowest BCUT2D eigenvalue weighted by Crippen LogP contribution is -2.36. The monoisotopic (exact) mass is 294 g/mol. The van der Waals surface area contributed by atoms with Crippen molar-refractivity contribution in [1.82, 2.24) is 15.1 Å². The Morgan fingerprint density at radius 3 is 2.74 bits per heavy atom. The number of rotatable bonds is 3. The van der Waals surface area contributed by atoms with E-state index in [1.54, 1.807) is 0 Å². The summed E-state index contributed by atoms with van der Waals surface area (Å²) in [6.45, 7) is 0.158. The topological polar surface area (TPSA) is 62.4 Å². The minimum atomic E-state index is -4.48. The number of hydrogen-bond donors (Lipinski definition) is 2. The van der Waals surface area contributed by atoms with Crippen LogP contribution >= 0.6 is 11.6 Å². The zero-order chi connectivity index (χ0) is 14.1. The average molecular weight is 295 g/mol. The molecule has 1 aliphatic rings. The number of nitrogens with zero attached hydrogens (tertiary/aromatic N) is 3. The molecular formula is C10H10ClF3N4O. The molecule has 0 saturated carbocycles. The summed E-state index contributed by atoms with van der Waals surface area (Å²) in [5, 5.41) is 13.5. The van der Waals surface area contributed by atoms with Gasteiger partial charge in [0.2, 0.25) is 5.12 Å². The van der Waals surface area contributed by atoms with E-state index in [2.05, 4.69) is 15.4 Å².